The first-order valence-electron chi connectivity index (χ1n) is 10.6. The number of anilines is 1. The molecule has 2 heterocycles. The highest BCUT2D eigenvalue weighted by Crippen LogP contribution is 2.26. The molecule has 0 amide bonds. The van der Waals surface area contributed by atoms with E-state index in [-0.39, 0.29) is 11.9 Å². The first-order valence-corrected chi connectivity index (χ1v) is 10.6. The minimum Gasteiger partial charge on any atom is -0.466 e. The van der Waals surface area contributed by atoms with E-state index < -0.39 is 0 Å². The summed E-state index contributed by atoms with van der Waals surface area (Å²) in [6, 6.07) is 8.18. The molecular formula is C23H32N4O2. The summed E-state index contributed by atoms with van der Waals surface area (Å²) in [6.45, 7) is 14.6. The van der Waals surface area contributed by atoms with Crippen LogP contribution in [-0.2, 0) is 16.1 Å². The molecule has 1 aromatic heterocycles. The highest BCUT2D eigenvalue weighted by molar-refractivity contribution is 5.89. The molecule has 29 heavy (non-hydrogen) atoms. The minimum atomic E-state index is -0.0604. The van der Waals surface area contributed by atoms with Gasteiger partial charge in [-0.05, 0) is 58.8 Å². The lowest BCUT2D eigenvalue weighted by molar-refractivity contribution is -0.149. The Labute approximate surface area is 173 Å². The van der Waals surface area contributed by atoms with Crippen molar-refractivity contribution in [2.24, 2.45) is 5.92 Å². The number of hydrogen-bond donors (Lipinski definition) is 0. The van der Waals surface area contributed by atoms with Crippen LogP contribution in [0.2, 0.25) is 0 Å². The van der Waals surface area contributed by atoms with Crippen molar-refractivity contribution >= 4 is 22.7 Å². The van der Waals surface area contributed by atoms with Crippen molar-refractivity contribution in [1.82, 2.24) is 14.9 Å². The van der Waals surface area contributed by atoms with Crippen molar-refractivity contribution < 1.29 is 9.53 Å². The number of likely N-dealkylation sites (N-methyl/N-ethyl adjacent to an activating group) is 1. The van der Waals surface area contributed by atoms with E-state index in [1.165, 1.54) is 0 Å². The number of ether oxygens (including phenoxy) is 1. The second-order valence-electron chi connectivity index (χ2n) is 7.75. The Balaban J connectivity index is 1.78. The molecule has 1 saturated heterocycles. The Bertz CT molecular complexity index is 859. The molecule has 2 aromatic rings. The number of hydrogen-bond acceptors (Lipinski definition) is 6. The minimum absolute atomic E-state index is 0.0189. The third kappa shape index (κ3) is 5.32. The Morgan fingerprint density at radius 1 is 1.24 bits per heavy atom. The van der Waals surface area contributed by atoms with E-state index in [0.29, 0.717) is 13.2 Å². The lowest BCUT2D eigenvalue weighted by atomic mass is 9.97. The highest BCUT2D eigenvalue weighted by atomic mass is 16.5. The van der Waals surface area contributed by atoms with Crippen LogP contribution in [0.1, 0.15) is 39.4 Å². The van der Waals surface area contributed by atoms with Crippen LogP contribution < -0.4 is 4.90 Å². The molecule has 3 rings (SSSR count). The van der Waals surface area contributed by atoms with Gasteiger partial charge in [-0.25, -0.2) is 9.97 Å². The van der Waals surface area contributed by atoms with Gasteiger partial charge in [0.2, 0.25) is 0 Å². The Morgan fingerprint density at radius 3 is 2.62 bits per heavy atom. The summed E-state index contributed by atoms with van der Waals surface area (Å²) in [5.41, 5.74) is 2.08. The molecule has 6 heteroatoms. The van der Waals surface area contributed by atoms with Gasteiger partial charge >= 0.3 is 5.97 Å². The maximum Gasteiger partial charge on any atom is 0.309 e. The maximum absolute atomic E-state index is 12.0. The van der Waals surface area contributed by atoms with Crippen LogP contribution in [0.5, 0.6) is 0 Å². The number of aromatic nitrogens is 2. The van der Waals surface area contributed by atoms with E-state index in [4.69, 9.17) is 14.7 Å². The predicted molar refractivity (Wildman–Crippen MR) is 117 cm³/mol. The van der Waals surface area contributed by atoms with E-state index in [2.05, 4.69) is 29.4 Å². The summed E-state index contributed by atoms with van der Waals surface area (Å²) < 4.78 is 5.17. The largest absolute Gasteiger partial charge is 0.466 e. The monoisotopic (exact) mass is 396 g/mol. The summed E-state index contributed by atoms with van der Waals surface area (Å²) >= 11 is 0. The normalized spacial score (nSPS) is 15.4. The molecule has 156 valence electrons. The molecule has 0 spiro atoms. The number of carbonyl (C=O) groups is 1. The molecule has 1 aromatic carbocycles. The summed E-state index contributed by atoms with van der Waals surface area (Å²) in [5, 5.41) is 1.07. The average molecular weight is 397 g/mol. The molecular weight excluding hydrogens is 364 g/mol. The van der Waals surface area contributed by atoms with Gasteiger partial charge in [-0.15, -0.1) is 0 Å². The van der Waals surface area contributed by atoms with Crippen molar-refractivity contribution in [3.8, 4) is 0 Å². The fourth-order valence-corrected chi connectivity index (χ4v) is 3.87. The van der Waals surface area contributed by atoms with Gasteiger partial charge in [0.1, 0.15) is 11.6 Å². The molecule has 0 aliphatic carbocycles. The van der Waals surface area contributed by atoms with Crippen LogP contribution in [0.3, 0.4) is 0 Å². The van der Waals surface area contributed by atoms with Gasteiger partial charge < -0.3 is 9.64 Å². The Kier molecular flexibility index (Phi) is 7.20. The zero-order valence-electron chi connectivity index (χ0n) is 17.9. The number of piperidine rings is 1. The molecule has 6 nitrogen and oxygen atoms in total. The molecule has 1 aliphatic heterocycles. The quantitative estimate of drug-likeness (QED) is 0.500. The van der Waals surface area contributed by atoms with Gasteiger partial charge in [0.25, 0.3) is 0 Å². The molecule has 0 N–H and O–H groups in total. The predicted octanol–water partition coefficient (Wildman–Crippen LogP) is 3.81. The molecule has 0 bridgehead atoms. The zero-order valence-corrected chi connectivity index (χ0v) is 17.9. The lowest BCUT2D eigenvalue weighted by Crippen LogP contribution is -2.37. The SMILES string of the molecule is C=C(C)CN(CC)c1nc(CN2CCC(C(=O)OCC)CC2)nc2ccccc12. The third-order valence-corrected chi connectivity index (χ3v) is 5.34. The summed E-state index contributed by atoms with van der Waals surface area (Å²) in [4.78, 5) is 26.3. The number of nitrogens with zero attached hydrogens (tertiary/aromatic N) is 4. The van der Waals surface area contributed by atoms with E-state index in [0.717, 1.165) is 67.1 Å². The zero-order chi connectivity index (χ0) is 20.8. The number of benzene rings is 1. The Morgan fingerprint density at radius 2 is 1.97 bits per heavy atom. The fourth-order valence-electron chi connectivity index (χ4n) is 3.87. The first kappa shape index (κ1) is 21.2. The molecule has 1 fully saturated rings. The Hall–Kier alpha value is -2.47. The van der Waals surface area contributed by atoms with Crippen LogP contribution >= 0.6 is 0 Å². The number of fused-ring (bicyclic) bond motifs is 1. The summed E-state index contributed by atoms with van der Waals surface area (Å²) in [7, 11) is 0. The second kappa shape index (κ2) is 9.83. The van der Waals surface area contributed by atoms with E-state index in [9.17, 15) is 4.79 Å². The molecule has 0 radical (unpaired) electrons. The number of esters is 1. The lowest BCUT2D eigenvalue weighted by Gasteiger charge is -2.30. The molecule has 0 atom stereocenters. The van der Waals surface area contributed by atoms with Crippen molar-refractivity contribution in [1.29, 1.82) is 0 Å². The van der Waals surface area contributed by atoms with Gasteiger partial charge in [0.15, 0.2) is 0 Å². The van der Waals surface area contributed by atoms with E-state index in [1.54, 1.807) is 0 Å². The van der Waals surface area contributed by atoms with Gasteiger partial charge in [-0.2, -0.15) is 0 Å². The topological polar surface area (TPSA) is 58.6 Å². The smallest absolute Gasteiger partial charge is 0.309 e. The van der Waals surface area contributed by atoms with Crippen molar-refractivity contribution in [2.45, 2.75) is 40.2 Å². The molecule has 1 aliphatic rings. The third-order valence-electron chi connectivity index (χ3n) is 5.34. The fraction of sp³-hybridized carbons (Fsp3) is 0.522. The number of likely N-dealkylation sites (tertiary alicyclic amines) is 1. The van der Waals surface area contributed by atoms with Crippen LogP contribution in [-0.4, -0.2) is 53.6 Å². The number of carbonyl (C=O) groups excluding carboxylic acids is 1. The van der Waals surface area contributed by atoms with Crippen LogP contribution in [0.25, 0.3) is 10.9 Å². The van der Waals surface area contributed by atoms with Gasteiger partial charge in [-0.1, -0.05) is 24.3 Å². The van der Waals surface area contributed by atoms with Crippen molar-refractivity contribution in [3.63, 3.8) is 0 Å². The molecule has 0 unspecified atom stereocenters. The maximum atomic E-state index is 12.0. The standard InChI is InChI=1S/C23H32N4O2/c1-5-27(15-17(3)4)22-19-9-7-8-10-20(19)24-21(25-22)16-26-13-11-18(12-14-26)23(28)29-6-2/h7-10,18H,3,5-6,11-16H2,1-2,4H3. The van der Waals surface area contributed by atoms with Crippen LogP contribution in [0.15, 0.2) is 36.4 Å². The van der Waals surface area contributed by atoms with E-state index >= 15 is 0 Å². The summed E-state index contributed by atoms with van der Waals surface area (Å²) in [6.07, 6.45) is 1.66. The number of para-hydroxylation sites is 1. The van der Waals surface area contributed by atoms with Crippen LogP contribution in [0.4, 0.5) is 5.82 Å². The van der Waals surface area contributed by atoms with Crippen molar-refractivity contribution in [3.05, 3.63) is 42.2 Å². The van der Waals surface area contributed by atoms with Gasteiger partial charge in [0.05, 0.1) is 24.6 Å². The highest BCUT2D eigenvalue weighted by Gasteiger charge is 2.26. The average Bonchev–Trinajstić information content (AvgIpc) is 2.72. The number of rotatable bonds is 8. The second-order valence-corrected chi connectivity index (χ2v) is 7.75. The van der Waals surface area contributed by atoms with Crippen molar-refractivity contribution in [2.75, 3.05) is 37.7 Å². The van der Waals surface area contributed by atoms with E-state index in [1.807, 2.05) is 32.0 Å². The van der Waals surface area contributed by atoms with Gasteiger partial charge in [-0.3, -0.25) is 9.69 Å². The van der Waals surface area contributed by atoms with Gasteiger partial charge in [0, 0.05) is 18.5 Å². The molecule has 0 saturated carbocycles. The summed E-state index contributed by atoms with van der Waals surface area (Å²) in [5.74, 6) is 1.76. The first-order chi connectivity index (χ1) is 14.0. The van der Waals surface area contributed by atoms with Crippen LogP contribution in [0, 0.1) is 5.92 Å².